The number of hydrogen-bond acceptors (Lipinski definition) is 9. The van der Waals surface area contributed by atoms with Crippen molar-refractivity contribution in [3.63, 3.8) is 0 Å². The van der Waals surface area contributed by atoms with Crippen LogP contribution in [0.1, 0.15) is 22.2 Å². The lowest BCUT2D eigenvalue weighted by atomic mass is 9.95. The minimum absolute atomic E-state index is 0.0212. The predicted molar refractivity (Wildman–Crippen MR) is 128 cm³/mol. The van der Waals surface area contributed by atoms with Crippen LogP contribution in [0.4, 0.5) is 10.8 Å². The molecule has 0 spiro atoms. The number of benzene rings is 2. The molecule has 2 aromatic carbocycles. The van der Waals surface area contributed by atoms with E-state index in [1.807, 2.05) is 43.3 Å². The highest BCUT2D eigenvalue weighted by Crippen LogP contribution is 2.44. The Kier molecular flexibility index (Phi) is 5.45. The van der Waals surface area contributed by atoms with E-state index in [2.05, 4.69) is 10.2 Å². The zero-order valence-electron chi connectivity index (χ0n) is 18.8. The molecule has 1 amide bonds. The maximum absolute atomic E-state index is 13.2. The maximum Gasteiger partial charge on any atom is 0.301 e. The van der Waals surface area contributed by atoms with Gasteiger partial charge in [-0.2, -0.15) is 0 Å². The first-order valence-corrected chi connectivity index (χ1v) is 11.4. The van der Waals surface area contributed by atoms with Crippen LogP contribution in [0.2, 0.25) is 0 Å². The normalized spacial score (nSPS) is 18.9. The first kappa shape index (κ1) is 21.9. The molecule has 0 bridgehead atoms. The van der Waals surface area contributed by atoms with Gasteiger partial charge in [0.15, 0.2) is 11.5 Å². The quantitative estimate of drug-likeness (QED) is 0.346. The number of aryl methyl sites for hydroxylation is 1. The number of aliphatic hydroxyl groups is 1. The van der Waals surface area contributed by atoms with Gasteiger partial charge in [0.2, 0.25) is 5.13 Å². The van der Waals surface area contributed by atoms with Gasteiger partial charge in [-0.05, 0) is 42.8 Å². The summed E-state index contributed by atoms with van der Waals surface area (Å²) in [6.45, 7) is 2.59. The molecule has 1 unspecified atom stereocenters. The molecule has 0 radical (unpaired) electrons. The van der Waals surface area contributed by atoms with Crippen LogP contribution in [0, 0.1) is 6.92 Å². The highest BCUT2D eigenvalue weighted by Gasteiger charge is 2.48. The van der Waals surface area contributed by atoms with Crippen molar-refractivity contribution in [1.82, 2.24) is 10.2 Å². The van der Waals surface area contributed by atoms with Crippen molar-refractivity contribution in [1.29, 1.82) is 0 Å². The summed E-state index contributed by atoms with van der Waals surface area (Å²) < 4.78 is 11.2. The van der Waals surface area contributed by atoms with Crippen LogP contribution >= 0.6 is 11.3 Å². The van der Waals surface area contributed by atoms with Crippen LogP contribution in [0.25, 0.3) is 5.76 Å². The molecule has 5 rings (SSSR count). The van der Waals surface area contributed by atoms with E-state index in [4.69, 9.17) is 9.47 Å². The van der Waals surface area contributed by atoms with Crippen LogP contribution in [0.5, 0.6) is 11.5 Å². The first-order chi connectivity index (χ1) is 16.3. The SMILES string of the molecule is Cc1nnc(N2C(=O)C(=O)C(=C(O)c3ccc4c(c3)OCCO4)C2c2ccc(N(C)C)cc2)s1. The summed E-state index contributed by atoms with van der Waals surface area (Å²) in [5, 5.41) is 20.4. The molecule has 9 nitrogen and oxygen atoms in total. The summed E-state index contributed by atoms with van der Waals surface area (Å²) in [7, 11) is 3.85. The summed E-state index contributed by atoms with van der Waals surface area (Å²) in [6.07, 6.45) is 0. The Morgan fingerprint density at radius 3 is 2.41 bits per heavy atom. The minimum atomic E-state index is -0.864. The summed E-state index contributed by atoms with van der Waals surface area (Å²) >= 11 is 1.21. The van der Waals surface area contributed by atoms with E-state index in [0.717, 1.165) is 5.69 Å². The minimum Gasteiger partial charge on any atom is -0.507 e. The molecule has 10 heteroatoms. The maximum atomic E-state index is 13.2. The van der Waals surface area contributed by atoms with Crippen LogP contribution < -0.4 is 19.3 Å². The third-order valence-electron chi connectivity index (χ3n) is 5.71. The Morgan fingerprint density at radius 2 is 1.76 bits per heavy atom. The second-order valence-corrected chi connectivity index (χ2v) is 9.28. The van der Waals surface area contributed by atoms with Gasteiger partial charge >= 0.3 is 5.91 Å². The van der Waals surface area contributed by atoms with Gasteiger partial charge in [-0.1, -0.05) is 23.5 Å². The second-order valence-electron chi connectivity index (χ2n) is 8.12. The third kappa shape index (κ3) is 3.65. The molecule has 2 aliphatic heterocycles. The van der Waals surface area contributed by atoms with E-state index in [1.54, 1.807) is 25.1 Å². The Hall–Kier alpha value is -3.92. The van der Waals surface area contributed by atoms with Gasteiger partial charge in [0.05, 0.1) is 11.6 Å². The van der Waals surface area contributed by atoms with Crippen molar-refractivity contribution in [2.45, 2.75) is 13.0 Å². The average Bonchev–Trinajstić information content (AvgIpc) is 3.38. The van der Waals surface area contributed by atoms with E-state index < -0.39 is 17.7 Å². The number of anilines is 2. The molecule has 34 heavy (non-hydrogen) atoms. The van der Waals surface area contributed by atoms with Gasteiger partial charge in [0.25, 0.3) is 5.78 Å². The van der Waals surface area contributed by atoms with E-state index in [0.29, 0.717) is 46.0 Å². The van der Waals surface area contributed by atoms with E-state index in [9.17, 15) is 14.7 Å². The zero-order valence-corrected chi connectivity index (χ0v) is 19.6. The van der Waals surface area contributed by atoms with Crippen molar-refractivity contribution in [3.05, 3.63) is 64.2 Å². The molecule has 2 aliphatic rings. The molecular formula is C24H22N4O5S. The van der Waals surface area contributed by atoms with Crippen LogP contribution in [0.15, 0.2) is 48.0 Å². The second kappa shape index (κ2) is 8.45. The number of rotatable bonds is 4. The molecule has 0 aliphatic carbocycles. The van der Waals surface area contributed by atoms with Crippen LogP contribution in [-0.4, -0.2) is 54.3 Å². The average molecular weight is 479 g/mol. The van der Waals surface area contributed by atoms with Crippen molar-refractivity contribution >= 4 is 39.6 Å². The van der Waals surface area contributed by atoms with Gasteiger partial charge < -0.3 is 19.5 Å². The molecule has 3 heterocycles. The van der Waals surface area contributed by atoms with E-state index in [-0.39, 0.29) is 11.3 Å². The summed E-state index contributed by atoms with van der Waals surface area (Å²) in [6, 6.07) is 11.5. The number of aliphatic hydroxyl groups excluding tert-OH is 1. The van der Waals surface area contributed by atoms with Gasteiger partial charge in [-0.15, -0.1) is 10.2 Å². The van der Waals surface area contributed by atoms with Gasteiger partial charge in [0, 0.05) is 25.3 Å². The molecular weight excluding hydrogens is 456 g/mol. The first-order valence-electron chi connectivity index (χ1n) is 10.6. The summed E-state index contributed by atoms with van der Waals surface area (Å²) in [5.41, 5.74) is 1.95. The van der Waals surface area contributed by atoms with Gasteiger partial charge in [-0.25, -0.2) is 0 Å². The predicted octanol–water partition coefficient (Wildman–Crippen LogP) is 3.31. The number of fused-ring (bicyclic) bond motifs is 1. The van der Waals surface area contributed by atoms with Crippen molar-refractivity contribution in [2.75, 3.05) is 37.1 Å². The fourth-order valence-electron chi connectivity index (χ4n) is 4.03. The fourth-order valence-corrected chi connectivity index (χ4v) is 4.74. The number of carbonyl (C=O) groups excluding carboxylic acids is 2. The number of aromatic nitrogens is 2. The molecule has 0 saturated carbocycles. The summed E-state index contributed by atoms with van der Waals surface area (Å²) in [4.78, 5) is 29.7. The monoisotopic (exact) mass is 478 g/mol. The fraction of sp³-hybridized carbons (Fsp3) is 0.250. The molecule has 174 valence electrons. The smallest absolute Gasteiger partial charge is 0.301 e. The third-order valence-corrected chi connectivity index (χ3v) is 6.54. The largest absolute Gasteiger partial charge is 0.507 e. The Balaban J connectivity index is 1.67. The van der Waals surface area contributed by atoms with Crippen molar-refractivity contribution in [3.8, 4) is 11.5 Å². The van der Waals surface area contributed by atoms with Gasteiger partial charge in [-0.3, -0.25) is 14.5 Å². The highest BCUT2D eigenvalue weighted by atomic mass is 32.1. The number of ketones is 1. The lowest BCUT2D eigenvalue weighted by molar-refractivity contribution is -0.132. The van der Waals surface area contributed by atoms with Crippen LogP contribution in [0.3, 0.4) is 0 Å². The Morgan fingerprint density at radius 1 is 1.06 bits per heavy atom. The van der Waals surface area contributed by atoms with Crippen LogP contribution in [-0.2, 0) is 9.59 Å². The van der Waals surface area contributed by atoms with Gasteiger partial charge in [0.1, 0.15) is 24.0 Å². The number of nitrogens with zero attached hydrogens (tertiary/aromatic N) is 4. The number of ether oxygens (including phenoxy) is 2. The number of carbonyl (C=O) groups is 2. The Bertz CT molecular complexity index is 1320. The lowest BCUT2D eigenvalue weighted by Gasteiger charge is -2.23. The standard InChI is InChI=1S/C24H22N4O5S/c1-13-25-26-24(34-13)28-20(14-4-7-16(8-5-14)27(2)3)19(22(30)23(28)31)21(29)15-6-9-17-18(12-15)33-11-10-32-17/h4-9,12,20,29H,10-11H2,1-3H3. The molecule has 1 saturated heterocycles. The molecule has 1 fully saturated rings. The van der Waals surface area contributed by atoms with E-state index in [1.165, 1.54) is 16.2 Å². The molecule has 1 atom stereocenters. The number of amides is 1. The zero-order chi connectivity index (χ0) is 24.0. The van der Waals surface area contributed by atoms with Crippen molar-refractivity contribution < 1.29 is 24.2 Å². The van der Waals surface area contributed by atoms with Crippen molar-refractivity contribution in [2.24, 2.45) is 0 Å². The Labute approximate surface area is 199 Å². The molecule has 3 aromatic rings. The topological polar surface area (TPSA) is 105 Å². The van der Waals surface area contributed by atoms with E-state index >= 15 is 0 Å². The molecule has 1 aromatic heterocycles. The highest BCUT2D eigenvalue weighted by molar-refractivity contribution is 7.15. The molecule has 1 N–H and O–H groups in total. The number of hydrogen-bond donors (Lipinski definition) is 1. The number of Topliss-reactive ketones (excluding diaryl/α,β-unsaturated/α-hetero) is 1. The summed E-state index contributed by atoms with van der Waals surface area (Å²) in [5.74, 6) is -0.820. The lowest BCUT2D eigenvalue weighted by Crippen LogP contribution is -2.29.